The Hall–Kier alpha value is -1.11. The van der Waals surface area contributed by atoms with Crippen LogP contribution >= 0.6 is 0 Å². The molecule has 0 aromatic heterocycles. The molecule has 1 aliphatic rings. The molecule has 0 saturated heterocycles. The summed E-state index contributed by atoms with van der Waals surface area (Å²) in [5.74, 6) is -0.119. The third-order valence-corrected chi connectivity index (χ3v) is 3.04. The Morgan fingerprint density at radius 3 is 2.86 bits per heavy atom. The SMILES string of the molecule is C=CCC1(C)Cc2ccc(F)cc2C1. The Balaban J connectivity index is 2.29. The number of hydrogen-bond donors (Lipinski definition) is 0. The maximum absolute atomic E-state index is 13.0. The lowest BCUT2D eigenvalue weighted by molar-refractivity contribution is 0.351. The van der Waals surface area contributed by atoms with Crippen molar-refractivity contribution in [2.45, 2.75) is 26.2 Å². The van der Waals surface area contributed by atoms with E-state index < -0.39 is 0 Å². The monoisotopic (exact) mass is 190 g/mol. The molecule has 1 aromatic rings. The van der Waals surface area contributed by atoms with Crippen molar-refractivity contribution < 1.29 is 4.39 Å². The predicted molar refractivity (Wildman–Crippen MR) is 56.7 cm³/mol. The van der Waals surface area contributed by atoms with E-state index >= 15 is 0 Å². The van der Waals surface area contributed by atoms with E-state index in [4.69, 9.17) is 0 Å². The Kier molecular flexibility index (Phi) is 2.18. The topological polar surface area (TPSA) is 0 Å². The molecule has 0 amide bonds. The molecule has 0 aliphatic heterocycles. The minimum absolute atomic E-state index is 0.119. The first-order valence-electron chi connectivity index (χ1n) is 5.01. The van der Waals surface area contributed by atoms with E-state index in [9.17, 15) is 4.39 Å². The van der Waals surface area contributed by atoms with E-state index in [1.54, 1.807) is 12.1 Å². The Morgan fingerprint density at radius 1 is 1.43 bits per heavy atom. The van der Waals surface area contributed by atoms with Crippen LogP contribution in [0.4, 0.5) is 4.39 Å². The molecular formula is C13H15F. The van der Waals surface area contributed by atoms with Crippen LogP contribution in [0.15, 0.2) is 30.9 Å². The number of allylic oxidation sites excluding steroid dienone is 1. The molecule has 0 nitrogen and oxygen atoms in total. The van der Waals surface area contributed by atoms with Crippen LogP contribution in [0.5, 0.6) is 0 Å². The fourth-order valence-electron chi connectivity index (χ4n) is 2.41. The smallest absolute Gasteiger partial charge is 0.123 e. The lowest BCUT2D eigenvalue weighted by atomic mass is 9.84. The standard InChI is InChI=1S/C13H15F/c1-3-6-13(2)8-10-4-5-12(14)7-11(10)9-13/h3-5,7H,1,6,8-9H2,2H3. The second-order valence-corrected chi connectivity index (χ2v) is 4.57. The molecule has 14 heavy (non-hydrogen) atoms. The minimum atomic E-state index is -0.119. The molecule has 0 N–H and O–H groups in total. The summed E-state index contributed by atoms with van der Waals surface area (Å²) in [4.78, 5) is 0. The Morgan fingerprint density at radius 2 is 2.14 bits per heavy atom. The van der Waals surface area contributed by atoms with Crippen molar-refractivity contribution in [3.05, 3.63) is 47.8 Å². The molecule has 1 heteroatoms. The highest BCUT2D eigenvalue weighted by atomic mass is 19.1. The fourth-order valence-corrected chi connectivity index (χ4v) is 2.41. The number of fused-ring (bicyclic) bond motifs is 1. The summed E-state index contributed by atoms with van der Waals surface area (Å²) in [5, 5.41) is 0. The van der Waals surface area contributed by atoms with E-state index in [2.05, 4.69) is 13.5 Å². The van der Waals surface area contributed by atoms with Gasteiger partial charge >= 0.3 is 0 Å². The van der Waals surface area contributed by atoms with Gasteiger partial charge in [-0.2, -0.15) is 0 Å². The van der Waals surface area contributed by atoms with Crippen LogP contribution in [-0.2, 0) is 12.8 Å². The van der Waals surface area contributed by atoms with Crippen LogP contribution in [0, 0.1) is 11.2 Å². The third-order valence-electron chi connectivity index (χ3n) is 3.04. The summed E-state index contributed by atoms with van der Waals surface area (Å²) in [5.41, 5.74) is 2.74. The molecule has 1 unspecified atom stereocenters. The van der Waals surface area contributed by atoms with Crippen molar-refractivity contribution in [3.63, 3.8) is 0 Å². The van der Waals surface area contributed by atoms with Gasteiger partial charge in [-0.15, -0.1) is 6.58 Å². The van der Waals surface area contributed by atoms with Crippen molar-refractivity contribution in [1.29, 1.82) is 0 Å². The molecule has 0 fully saturated rings. The van der Waals surface area contributed by atoms with Crippen molar-refractivity contribution in [2.24, 2.45) is 5.41 Å². The Labute approximate surface area is 84.5 Å². The molecule has 1 aliphatic carbocycles. The van der Waals surface area contributed by atoms with Crippen molar-refractivity contribution >= 4 is 0 Å². The van der Waals surface area contributed by atoms with Crippen molar-refractivity contribution in [1.82, 2.24) is 0 Å². The first-order valence-corrected chi connectivity index (χ1v) is 5.01. The lowest BCUT2D eigenvalue weighted by Gasteiger charge is -2.20. The van der Waals surface area contributed by atoms with Gasteiger partial charge < -0.3 is 0 Å². The number of benzene rings is 1. The summed E-state index contributed by atoms with van der Waals surface area (Å²) < 4.78 is 13.0. The van der Waals surface area contributed by atoms with E-state index in [0.29, 0.717) is 0 Å². The largest absolute Gasteiger partial charge is 0.207 e. The molecule has 2 rings (SSSR count). The highest BCUT2D eigenvalue weighted by Crippen LogP contribution is 2.39. The molecule has 1 aromatic carbocycles. The molecule has 0 radical (unpaired) electrons. The van der Waals surface area contributed by atoms with Gasteiger partial charge in [-0.25, -0.2) is 4.39 Å². The van der Waals surface area contributed by atoms with Gasteiger partial charge in [0, 0.05) is 0 Å². The van der Waals surface area contributed by atoms with Crippen LogP contribution < -0.4 is 0 Å². The summed E-state index contributed by atoms with van der Waals surface area (Å²) >= 11 is 0. The molecule has 0 heterocycles. The molecular weight excluding hydrogens is 175 g/mol. The van der Waals surface area contributed by atoms with Gasteiger partial charge in [0.25, 0.3) is 0 Å². The quantitative estimate of drug-likeness (QED) is 0.626. The highest BCUT2D eigenvalue weighted by molar-refractivity contribution is 5.34. The molecule has 1 atom stereocenters. The van der Waals surface area contributed by atoms with Gasteiger partial charge in [0.2, 0.25) is 0 Å². The first-order chi connectivity index (χ1) is 6.63. The molecule has 0 spiro atoms. The maximum atomic E-state index is 13.0. The molecule has 0 saturated carbocycles. The van der Waals surface area contributed by atoms with Crippen LogP contribution in [0.2, 0.25) is 0 Å². The van der Waals surface area contributed by atoms with Gasteiger partial charge in [-0.1, -0.05) is 19.1 Å². The van der Waals surface area contributed by atoms with Gasteiger partial charge in [0.15, 0.2) is 0 Å². The van der Waals surface area contributed by atoms with Gasteiger partial charge in [-0.05, 0) is 47.9 Å². The van der Waals surface area contributed by atoms with Crippen molar-refractivity contribution in [2.75, 3.05) is 0 Å². The van der Waals surface area contributed by atoms with Gasteiger partial charge in [-0.3, -0.25) is 0 Å². The van der Waals surface area contributed by atoms with Crippen LogP contribution in [0.1, 0.15) is 24.5 Å². The van der Waals surface area contributed by atoms with E-state index in [1.807, 2.05) is 12.1 Å². The van der Waals surface area contributed by atoms with Gasteiger partial charge in [0.1, 0.15) is 5.82 Å². The zero-order valence-corrected chi connectivity index (χ0v) is 8.52. The lowest BCUT2D eigenvalue weighted by Crippen LogP contribution is -2.14. The number of halogens is 1. The first kappa shape index (κ1) is 9.45. The zero-order valence-electron chi connectivity index (χ0n) is 8.52. The average molecular weight is 190 g/mol. The van der Waals surface area contributed by atoms with Crippen LogP contribution in [0.25, 0.3) is 0 Å². The normalized spacial score (nSPS) is 24.7. The van der Waals surface area contributed by atoms with Gasteiger partial charge in [0.05, 0.1) is 0 Å². The predicted octanol–water partition coefficient (Wildman–Crippen LogP) is 3.51. The van der Waals surface area contributed by atoms with Crippen LogP contribution in [0.3, 0.4) is 0 Å². The second kappa shape index (κ2) is 3.23. The summed E-state index contributed by atoms with van der Waals surface area (Å²) in [6.45, 7) is 6.02. The van der Waals surface area contributed by atoms with Crippen molar-refractivity contribution in [3.8, 4) is 0 Å². The van der Waals surface area contributed by atoms with E-state index in [-0.39, 0.29) is 11.2 Å². The highest BCUT2D eigenvalue weighted by Gasteiger charge is 2.31. The van der Waals surface area contributed by atoms with E-state index in [1.165, 1.54) is 11.1 Å². The zero-order chi connectivity index (χ0) is 10.2. The number of hydrogen-bond acceptors (Lipinski definition) is 0. The fraction of sp³-hybridized carbons (Fsp3) is 0.385. The van der Waals surface area contributed by atoms with Crippen LogP contribution in [-0.4, -0.2) is 0 Å². The molecule has 74 valence electrons. The summed E-state index contributed by atoms with van der Waals surface area (Å²) in [6, 6.07) is 5.14. The third kappa shape index (κ3) is 1.59. The summed E-state index contributed by atoms with van der Waals surface area (Å²) in [6.07, 6.45) is 4.99. The number of rotatable bonds is 2. The average Bonchev–Trinajstić information content (AvgIpc) is 2.40. The summed E-state index contributed by atoms with van der Waals surface area (Å²) in [7, 11) is 0. The Bertz CT molecular complexity index is 367. The molecule has 0 bridgehead atoms. The van der Waals surface area contributed by atoms with E-state index in [0.717, 1.165) is 19.3 Å². The second-order valence-electron chi connectivity index (χ2n) is 4.57. The maximum Gasteiger partial charge on any atom is 0.123 e. The minimum Gasteiger partial charge on any atom is -0.207 e.